The van der Waals surface area contributed by atoms with Gasteiger partial charge in [-0.05, 0) is 37.1 Å². The lowest BCUT2D eigenvalue weighted by molar-refractivity contribution is 0.193. The zero-order valence-electron chi connectivity index (χ0n) is 15.3. The topological polar surface area (TPSA) is 80.5 Å². The molecule has 3 aromatic rings. The van der Waals surface area contributed by atoms with Crippen molar-refractivity contribution in [1.82, 2.24) is 15.0 Å². The van der Waals surface area contributed by atoms with Crippen molar-refractivity contribution in [1.29, 1.82) is 0 Å². The van der Waals surface area contributed by atoms with Gasteiger partial charge in [0.25, 0.3) is 0 Å². The van der Waals surface area contributed by atoms with Crippen molar-refractivity contribution in [2.45, 2.75) is 18.9 Å². The van der Waals surface area contributed by atoms with Crippen LogP contribution in [0.25, 0.3) is 11.4 Å². The Hall–Kier alpha value is -3.06. The lowest BCUT2D eigenvalue weighted by Gasteiger charge is -2.22. The number of aromatic nitrogens is 2. The number of carbonyl (C=O) groups excluding carboxylic acids is 1. The number of nitrogens with zero attached hydrogens (tertiary/aromatic N) is 3. The van der Waals surface area contributed by atoms with Crippen LogP contribution in [0.4, 0.5) is 10.5 Å². The molecule has 2 heterocycles. The maximum absolute atomic E-state index is 12.8. The molecule has 144 valence electrons. The molecule has 0 bridgehead atoms. The summed E-state index contributed by atoms with van der Waals surface area (Å²) in [6.07, 6.45) is 1.63. The fourth-order valence-electron chi connectivity index (χ4n) is 3.28. The van der Waals surface area contributed by atoms with Gasteiger partial charge in [0.2, 0.25) is 11.7 Å². The largest absolute Gasteiger partial charge is 0.497 e. The van der Waals surface area contributed by atoms with Crippen molar-refractivity contribution in [2.24, 2.45) is 0 Å². The van der Waals surface area contributed by atoms with Crippen LogP contribution in [-0.4, -0.2) is 34.7 Å². The van der Waals surface area contributed by atoms with Gasteiger partial charge in [0.15, 0.2) is 0 Å². The molecule has 0 unspecified atom stereocenters. The van der Waals surface area contributed by atoms with E-state index in [1.165, 1.54) is 0 Å². The number of ether oxygens (including phenoxy) is 1. The van der Waals surface area contributed by atoms with Gasteiger partial charge in [-0.1, -0.05) is 35.0 Å². The van der Waals surface area contributed by atoms with Gasteiger partial charge in [-0.3, -0.25) is 0 Å². The van der Waals surface area contributed by atoms with Gasteiger partial charge >= 0.3 is 6.03 Å². The van der Waals surface area contributed by atoms with E-state index >= 15 is 0 Å². The number of likely N-dealkylation sites (tertiary alicyclic amines) is 1. The summed E-state index contributed by atoms with van der Waals surface area (Å²) >= 11 is 6.04. The van der Waals surface area contributed by atoms with Gasteiger partial charge in [-0.15, -0.1) is 0 Å². The number of urea groups is 1. The van der Waals surface area contributed by atoms with Crippen molar-refractivity contribution < 1.29 is 14.1 Å². The molecule has 1 aromatic heterocycles. The standard InChI is InChI=1S/C20H19ClN4O3/c1-27-16-8-3-7-15(12-16)22-20(26)25-10-4-9-17(25)19-23-18(24-28-19)13-5-2-6-14(21)11-13/h2-3,5-8,11-12,17H,4,9-10H2,1H3,(H,22,26)/t17-/m1/s1. The lowest BCUT2D eigenvalue weighted by Crippen LogP contribution is -2.34. The molecular weight excluding hydrogens is 380 g/mol. The molecule has 0 aliphatic carbocycles. The van der Waals surface area contributed by atoms with E-state index in [1.54, 1.807) is 30.2 Å². The maximum atomic E-state index is 12.8. The van der Waals surface area contributed by atoms with Crippen LogP contribution in [0.1, 0.15) is 24.8 Å². The first-order chi connectivity index (χ1) is 13.6. The van der Waals surface area contributed by atoms with Crippen LogP contribution in [0.5, 0.6) is 5.75 Å². The third-order valence-electron chi connectivity index (χ3n) is 4.64. The predicted molar refractivity (Wildman–Crippen MR) is 105 cm³/mol. The highest BCUT2D eigenvalue weighted by atomic mass is 35.5. The van der Waals surface area contributed by atoms with E-state index in [1.807, 2.05) is 30.3 Å². The minimum absolute atomic E-state index is 0.210. The Kier molecular flexibility index (Phi) is 5.16. The molecule has 28 heavy (non-hydrogen) atoms. The minimum Gasteiger partial charge on any atom is -0.497 e. The van der Waals surface area contributed by atoms with E-state index < -0.39 is 0 Å². The summed E-state index contributed by atoms with van der Waals surface area (Å²) < 4.78 is 10.7. The normalized spacial score (nSPS) is 16.2. The average molecular weight is 399 g/mol. The highest BCUT2D eigenvalue weighted by Crippen LogP contribution is 2.33. The number of benzene rings is 2. The second kappa shape index (κ2) is 7.90. The number of hydrogen-bond acceptors (Lipinski definition) is 5. The molecule has 1 saturated heterocycles. The molecule has 2 aromatic carbocycles. The molecule has 0 saturated carbocycles. The van der Waals surface area contributed by atoms with E-state index in [2.05, 4.69) is 15.5 Å². The predicted octanol–water partition coefficient (Wildman–Crippen LogP) is 4.77. The summed E-state index contributed by atoms with van der Waals surface area (Å²) in [6.45, 7) is 0.620. The van der Waals surface area contributed by atoms with Crippen molar-refractivity contribution in [3.63, 3.8) is 0 Å². The summed E-state index contributed by atoms with van der Waals surface area (Å²) in [5.41, 5.74) is 1.44. The first-order valence-corrected chi connectivity index (χ1v) is 9.33. The zero-order valence-corrected chi connectivity index (χ0v) is 16.0. The van der Waals surface area contributed by atoms with E-state index in [-0.39, 0.29) is 12.1 Å². The van der Waals surface area contributed by atoms with Crippen LogP contribution in [0.15, 0.2) is 53.1 Å². The highest BCUT2D eigenvalue weighted by Gasteiger charge is 2.34. The minimum atomic E-state index is -0.258. The number of carbonyl (C=O) groups is 1. The SMILES string of the molecule is COc1cccc(NC(=O)N2CCC[C@@H]2c2nc(-c3cccc(Cl)c3)no2)c1. The monoisotopic (exact) mass is 398 g/mol. The van der Waals surface area contributed by atoms with E-state index in [0.29, 0.717) is 34.7 Å². The summed E-state index contributed by atoms with van der Waals surface area (Å²) in [5.74, 6) is 1.56. The summed E-state index contributed by atoms with van der Waals surface area (Å²) in [6, 6.07) is 14.0. The Labute approximate surface area is 167 Å². The third-order valence-corrected chi connectivity index (χ3v) is 4.88. The molecule has 1 N–H and O–H groups in total. The van der Waals surface area contributed by atoms with Gasteiger partial charge < -0.3 is 19.5 Å². The molecule has 0 radical (unpaired) electrons. The first kappa shape index (κ1) is 18.3. The zero-order chi connectivity index (χ0) is 19.5. The number of amides is 2. The summed E-state index contributed by atoms with van der Waals surface area (Å²) in [4.78, 5) is 19.0. The summed E-state index contributed by atoms with van der Waals surface area (Å²) in [5, 5.41) is 7.56. The number of halogens is 1. The molecule has 0 spiro atoms. The second-order valence-corrected chi connectivity index (χ2v) is 6.92. The fourth-order valence-corrected chi connectivity index (χ4v) is 3.47. The van der Waals surface area contributed by atoms with E-state index in [9.17, 15) is 4.79 Å². The number of rotatable bonds is 4. The highest BCUT2D eigenvalue weighted by molar-refractivity contribution is 6.30. The van der Waals surface area contributed by atoms with Crippen LogP contribution >= 0.6 is 11.6 Å². The van der Waals surface area contributed by atoms with Crippen molar-refractivity contribution >= 4 is 23.3 Å². The molecule has 7 nitrogen and oxygen atoms in total. The van der Waals surface area contributed by atoms with Crippen molar-refractivity contribution in [3.8, 4) is 17.1 Å². The number of nitrogens with one attached hydrogen (secondary N) is 1. The molecule has 4 rings (SSSR count). The third kappa shape index (κ3) is 3.80. The van der Waals surface area contributed by atoms with Crippen LogP contribution < -0.4 is 10.1 Å². The van der Waals surface area contributed by atoms with Crippen LogP contribution in [0, 0.1) is 0 Å². The van der Waals surface area contributed by atoms with Gasteiger partial charge in [0.05, 0.1) is 7.11 Å². The van der Waals surface area contributed by atoms with E-state index in [4.69, 9.17) is 20.9 Å². The Morgan fingerprint density at radius 3 is 2.96 bits per heavy atom. The first-order valence-electron chi connectivity index (χ1n) is 8.95. The van der Waals surface area contributed by atoms with Crippen LogP contribution in [-0.2, 0) is 0 Å². The molecule has 2 amide bonds. The van der Waals surface area contributed by atoms with Gasteiger partial charge in [-0.25, -0.2) is 4.79 Å². The molecule has 1 aliphatic heterocycles. The Morgan fingerprint density at radius 1 is 1.29 bits per heavy atom. The van der Waals surface area contributed by atoms with Gasteiger partial charge in [0, 0.05) is 28.9 Å². The molecular formula is C20H19ClN4O3. The van der Waals surface area contributed by atoms with E-state index in [0.717, 1.165) is 18.4 Å². The summed E-state index contributed by atoms with van der Waals surface area (Å²) in [7, 11) is 1.59. The van der Waals surface area contributed by atoms with Crippen molar-refractivity contribution in [3.05, 3.63) is 59.4 Å². The smallest absolute Gasteiger partial charge is 0.322 e. The Bertz CT molecular complexity index is 991. The average Bonchev–Trinajstić information content (AvgIpc) is 3.37. The van der Waals surface area contributed by atoms with Crippen molar-refractivity contribution in [2.75, 3.05) is 19.0 Å². The maximum Gasteiger partial charge on any atom is 0.322 e. The fraction of sp³-hybridized carbons (Fsp3) is 0.250. The quantitative estimate of drug-likeness (QED) is 0.684. The van der Waals surface area contributed by atoms with Gasteiger partial charge in [0.1, 0.15) is 11.8 Å². The molecule has 1 aliphatic rings. The number of anilines is 1. The lowest BCUT2D eigenvalue weighted by atomic mass is 10.2. The van der Waals surface area contributed by atoms with Crippen LogP contribution in [0.2, 0.25) is 5.02 Å². The van der Waals surface area contributed by atoms with Crippen LogP contribution in [0.3, 0.4) is 0 Å². The number of hydrogen-bond donors (Lipinski definition) is 1. The molecule has 8 heteroatoms. The number of methoxy groups -OCH3 is 1. The van der Waals surface area contributed by atoms with Gasteiger partial charge in [-0.2, -0.15) is 4.98 Å². The molecule has 1 atom stereocenters. The second-order valence-electron chi connectivity index (χ2n) is 6.48. The Morgan fingerprint density at radius 2 is 2.14 bits per heavy atom. The Balaban J connectivity index is 1.51. The molecule has 1 fully saturated rings.